The number of rotatable bonds is 7. The number of quaternary nitrogens is 1. The van der Waals surface area contributed by atoms with Crippen molar-refractivity contribution < 1.29 is 24.0 Å². The number of piperazine rings is 1. The van der Waals surface area contributed by atoms with Crippen molar-refractivity contribution in [2.24, 2.45) is 0 Å². The lowest BCUT2D eigenvalue weighted by atomic mass is 10.1. The molecule has 0 saturated carbocycles. The summed E-state index contributed by atoms with van der Waals surface area (Å²) >= 11 is 6.33. The highest BCUT2D eigenvalue weighted by Crippen LogP contribution is 2.32. The maximum Gasteiger partial charge on any atom is 0.283 e. The van der Waals surface area contributed by atoms with Crippen LogP contribution in [0.15, 0.2) is 83.5 Å². The monoisotopic (exact) mass is 545 g/mol. The first-order valence-electron chi connectivity index (χ1n) is 12.8. The van der Waals surface area contributed by atoms with E-state index in [9.17, 15) is 14.4 Å². The Labute approximate surface area is 232 Å². The van der Waals surface area contributed by atoms with Crippen LogP contribution in [0.2, 0.25) is 0 Å². The Bertz CT molecular complexity index is 1430. The first-order chi connectivity index (χ1) is 18.9. The van der Waals surface area contributed by atoms with Crippen molar-refractivity contribution in [3.05, 3.63) is 100 Å². The molecule has 5 rings (SSSR count). The van der Waals surface area contributed by atoms with E-state index in [0.717, 1.165) is 30.1 Å². The van der Waals surface area contributed by atoms with Gasteiger partial charge >= 0.3 is 0 Å². The zero-order valence-electron chi connectivity index (χ0n) is 21.9. The molecule has 0 unspecified atom stereocenters. The van der Waals surface area contributed by atoms with Crippen LogP contribution in [-0.2, 0) is 16.1 Å². The quantitative estimate of drug-likeness (QED) is 0.446. The van der Waals surface area contributed by atoms with Crippen LogP contribution in [0.1, 0.15) is 21.5 Å². The molecule has 8 nitrogen and oxygen atoms in total. The lowest BCUT2D eigenvalue weighted by molar-refractivity contribution is -0.917. The number of nitrogens with zero attached hydrogens (tertiary/aromatic N) is 2. The molecule has 0 radical (unpaired) electrons. The lowest BCUT2D eigenvalue weighted by Gasteiger charge is -2.32. The number of carbonyl (C=O) groups excluding carboxylic acids is 3. The highest BCUT2D eigenvalue weighted by Gasteiger charge is 2.39. The van der Waals surface area contributed by atoms with Crippen molar-refractivity contribution in [2.45, 2.75) is 13.5 Å². The number of nitrogens with one attached hydrogen (secondary N) is 2. The lowest BCUT2D eigenvalue weighted by Crippen LogP contribution is -3.13. The minimum absolute atomic E-state index is 0.0247. The molecular formula is C30H30ClN4O4+. The molecule has 2 heterocycles. The Morgan fingerprint density at radius 2 is 1.67 bits per heavy atom. The third-order valence-electron chi connectivity index (χ3n) is 7.16. The van der Waals surface area contributed by atoms with Gasteiger partial charge in [0.05, 0.1) is 39.0 Å². The number of hydrogen-bond acceptors (Lipinski definition) is 5. The number of methoxy groups -OCH3 is 1. The largest absolute Gasteiger partial charge is 0.497 e. The Morgan fingerprint density at radius 1 is 0.974 bits per heavy atom. The summed E-state index contributed by atoms with van der Waals surface area (Å²) in [7, 11) is 1.54. The van der Waals surface area contributed by atoms with E-state index in [1.807, 2.05) is 36.1 Å². The summed E-state index contributed by atoms with van der Waals surface area (Å²) < 4.78 is 5.15. The fraction of sp³-hybridized carbons (Fsp3) is 0.233. The zero-order chi connectivity index (χ0) is 27.5. The predicted octanol–water partition coefficient (Wildman–Crippen LogP) is 2.98. The van der Waals surface area contributed by atoms with Crippen molar-refractivity contribution in [1.29, 1.82) is 0 Å². The fourth-order valence-electron chi connectivity index (χ4n) is 4.87. The second-order valence-corrected chi connectivity index (χ2v) is 10.1. The smallest absolute Gasteiger partial charge is 0.283 e. The van der Waals surface area contributed by atoms with Crippen LogP contribution in [-0.4, -0.2) is 55.9 Å². The first kappa shape index (κ1) is 26.5. The summed E-state index contributed by atoms with van der Waals surface area (Å²) in [6.45, 7) is 5.88. The van der Waals surface area contributed by atoms with Gasteiger partial charge in [0.25, 0.3) is 17.7 Å². The molecule has 2 aliphatic rings. The van der Waals surface area contributed by atoms with Crippen LogP contribution in [0.3, 0.4) is 0 Å². The topological polar surface area (TPSA) is 83.4 Å². The van der Waals surface area contributed by atoms with Gasteiger partial charge in [-0.3, -0.25) is 14.4 Å². The summed E-state index contributed by atoms with van der Waals surface area (Å²) in [6, 6.07) is 22.3. The van der Waals surface area contributed by atoms with Gasteiger partial charge in [-0.05, 0) is 48.9 Å². The first-order valence-corrected chi connectivity index (χ1v) is 13.2. The second kappa shape index (κ2) is 11.3. The van der Waals surface area contributed by atoms with Crippen molar-refractivity contribution in [3.8, 4) is 5.75 Å². The molecular weight excluding hydrogens is 516 g/mol. The Morgan fingerprint density at radius 3 is 2.33 bits per heavy atom. The van der Waals surface area contributed by atoms with Gasteiger partial charge in [0, 0.05) is 16.8 Å². The molecule has 1 saturated heterocycles. The minimum Gasteiger partial charge on any atom is -0.497 e. The standard InChI is InChI=1S/C30H29ClN4O4/c1-20-8-9-22(28(36)34-16-14-33(15-17-34)19-21-6-4-3-5-7-21)18-25(20)32-27-26(31)29(37)35(30(27)38)23-10-12-24(39-2)13-11-23/h3-13,18,32H,14-17,19H2,1-2H3/p+1. The highest BCUT2D eigenvalue weighted by molar-refractivity contribution is 6.53. The number of halogens is 1. The number of benzene rings is 3. The average molecular weight is 546 g/mol. The van der Waals surface area contributed by atoms with Crippen LogP contribution in [0.5, 0.6) is 5.75 Å². The van der Waals surface area contributed by atoms with E-state index in [2.05, 4.69) is 17.4 Å². The molecule has 0 bridgehead atoms. The minimum atomic E-state index is -0.616. The normalized spacial score (nSPS) is 16.2. The molecule has 3 aromatic carbocycles. The van der Waals surface area contributed by atoms with E-state index in [1.165, 1.54) is 17.6 Å². The van der Waals surface area contributed by atoms with E-state index >= 15 is 0 Å². The van der Waals surface area contributed by atoms with Gasteiger partial charge in [0.1, 0.15) is 23.0 Å². The number of amides is 3. The third kappa shape index (κ3) is 5.53. The number of carbonyl (C=O) groups is 3. The molecule has 0 aromatic heterocycles. The summed E-state index contributed by atoms with van der Waals surface area (Å²) in [4.78, 5) is 43.8. The van der Waals surface area contributed by atoms with Crippen LogP contribution in [0.25, 0.3) is 0 Å². The van der Waals surface area contributed by atoms with E-state index in [0.29, 0.717) is 35.8 Å². The van der Waals surface area contributed by atoms with Crippen molar-refractivity contribution in [2.75, 3.05) is 43.5 Å². The van der Waals surface area contributed by atoms with Crippen molar-refractivity contribution >= 4 is 40.7 Å². The van der Waals surface area contributed by atoms with Gasteiger partial charge in [-0.2, -0.15) is 0 Å². The van der Waals surface area contributed by atoms with Gasteiger partial charge in [0.15, 0.2) is 0 Å². The molecule has 39 heavy (non-hydrogen) atoms. The Hall–Kier alpha value is -4.14. The SMILES string of the molecule is COc1ccc(N2C(=O)C(Cl)=C(Nc3cc(C(=O)N4CC[NH+](Cc5ccccc5)CC4)ccc3C)C2=O)cc1. The Kier molecular flexibility index (Phi) is 7.67. The van der Waals surface area contributed by atoms with Gasteiger partial charge < -0.3 is 19.9 Å². The highest BCUT2D eigenvalue weighted by atomic mass is 35.5. The molecule has 2 N–H and O–H groups in total. The average Bonchev–Trinajstić information content (AvgIpc) is 3.17. The van der Waals surface area contributed by atoms with Crippen LogP contribution in [0.4, 0.5) is 11.4 Å². The van der Waals surface area contributed by atoms with Gasteiger partial charge in [0.2, 0.25) is 0 Å². The molecule has 3 aromatic rings. The van der Waals surface area contributed by atoms with E-state index < -0.39 is 11.8 Å². The van der Waals surface area contributed by atoms with Gasteiger partial charge in [-0.1, -0.05) is 48.0 Å². The summed E-state index contributed by atoms with van der Waals surface area (Å²) in [5.41, 5.74) is 3.51. The van der Waals surface area contributed by atoms with E-state index in [1.54, 1.807) is 36.4 Å². The van der Waals surface area contributed by atoms with Crippen molar-refractivity contribution in [1.82, 2.24) is 4.90 Å². The van der Waals surface area contributed by atoms with Gasteiger partial charge in [-0.25, -0.2) is 4.90 Å². The molecule has 2 aliphatic heterocycles. The number of aryl methyl sites for hydroxylation is 1. The van der Waals surface area contributed by atoms with E-state index in [4.69, 9.17) is 16.3 Å². The number of anilines is 2. The number of imide groups is 1. The molecule has 1 fully saturated rings. The summed E-state index contributed by atoms with van der Waals surface area (Å²) in [5.74, 6) is -0.643. The molecule has 3 amide bonds. The van der Waals surface area contributed by atoms with Crippen molar-refractivity contribution in [3.63, 3.8) is 0 Å². The van der Waals surface area contributed by atoms with Crippen LogP contribution < -0.4 is 19.9 Å². The number of ether oxygens (including phenoxy) is 1. The summed E-state index contributed by atoms with van der Waals surface area (Å²) in [5, 5.41) is 2.83. The Balaban J connectivity index is 1.27. The van der Waals surface area contributed by atoms with Crippen LogP contribution in [0, 0.1) is 6.92 Å². The maximum atomic E-state index is 13.3. The summed E-state index contributed by atoms with van der Waals surface area (Å²) in [6.07, 6.45) is 0. The molecule has 200 valence electrons. The molecule has 9 heteroatoms. The molecule has 0 spiro atoms. The second-order valence-electron chi connectivity index (χ2n) is 9.69. The predicted molar refractivity (Wildman–Crippen MR) is 150 cm³/mol. The number of hydrogen-bond donors (Lipinski definition) is 2. The van der Waals surface area contributed by atoms with Crippen LogP contribution >= 0.6 is 11.6 Å². The fourth-order valence-corrected chi connectivity index (χ4v) is 5.08. The molecule has 0 aliphatic carbocycles. The van der Waals surface area contributed by atoms with E-state index in [-0.39, 0.29) is 16.6 Å². The zero-order valence-corrected chi connectivity index (χ0v) is 22.6. The maximum absolute atomic E-state index is 13.3. The third-order valence-corrected chi connectivity index (χ3v) is 7.51. The molecule has 0 atom stereocenters. The van der Waals surface area contributed by atoms with Gasteiger partial charge in [-0.15, -0.1) is 0 Å².